The number of hydrazone groups is 1. The molecule has 2 aromatic carbocycles. The van der Waals surface area contributed by atoms with Gasteiger partial charge in [-0.2, -0.15) is 5.10 Å². The maximum atomic E-state index is 12.2. The van der Waals surface area contributed by atoms with Crippen molar-refractivity contribution < 1.29 is 4.79 Å². The third-order valence-electron chi connectivity index (χ3n) is 4.25. The Morgan fingerprint density at radius 3 is 2.04 bits per heavy atom. The van der Waals surface area contributed by atoms with Crippen molar-refractivity contribution in [2.75, 3.05) is 0 Å². The minimum absolute atomic E-state index is 0.138. The van der Waals surface area contributed by atoms with Gasteiger partial charge in [0, 0.05) is 11.3 Å². The Morgan fingerprint density at radius 1 is 0.783 bits per heavy atom. The van der Waals surface area contributed by atoms with Crippen LogP contribution in [0, 0.1) is 0 Å². The van der Waals surface area contributed by atoms with E-state index in [1.54, 1.807) is 0 Å². The number of nitrogens with zero attached hydrogens (tertiary/aromatic N) is 1. The van der Waals surface area contributed by atoms with Crippen molar-refractivity contribution in [1.82, 2.24) is 5.43 Å². The van der Waals surface area contributed by atoms with Crippen LogP contribution in [0.25, 0.3) is 11.1 Å². The van der Waals surface area contributed by atoms with Crippen LogP contribution in [-0.2, 0) is 0 Å². The van der Waals surface area contributed by atoms with Crippen LogP contribution in [0.15, 0.2) is 59.7 Å². The molecule has 1 fully saturated rings. The SMILES string of the molecule is O=C(NN=C1CCCCCC1)c1ccc(-c2ccccc2)cc1. The molecule has 0 aromatic heterocycles. The molecule has 1 aliphatic rings. The molecule has 1 aliphatic carbocycles. The molecule has 0 bridgehead atoms. The number of hydrogen-bond donors (Lipinski definition) is 1. The Balaban J connectivity index is 1.65. The van der Waals surface area contributed by atoms with Gasteiger partial charge in [-0.1, -0.05) is 55.3 Å². The molecule has 0 spiro atoms. The summed E-state index contributed by atoms with van der Waals surface area (Å²) in [6, 6.07) is 17.8. The van der Waals surface area contributed by atoms with Crippen molar-refractivity contribution >= 4 is 11.6 Å². The van der Waals surface area contributed by atoms with E-state index in [9.17, 15) is 4.79 Å². The summed E-state index contributed by atoms with van der Waals surface area (Å²) in [5.41, 5.74) is 6.73. The Hall–Kier alpha value is -2.42. The second-order valence-electron chi connectivity index (χ2n) is 5.98. The van der Waals surface area contributed by atoms with Gasteiger partial charge in [-0.3, -0.25) is 4.79 Å². The zero-order valence-corrected chi connectivity index (χ0v) is 13.3. The minimum atomic E-state index is -0.138. The highest BCUT2D eigenvalue weighted by Crippen LogP contribution is 2.19. The fourth-order valence-electron chi connectivity index (χ4n) is 2.89. The first-order valence-corrected chi connectivity index (χ1v) is 8.34. The molecule has 118 valence electrons. The summed E-state index contributed by atoms with van der Waals surface area (Å²) in [7, 11) is 0. The summed E-state index contributed by atoms with van der Waals surface area (Å²) >= 11 is 0. The fraction of sp³-hybridized carbons (Fsp3) is 0.300. The topological polar surface area (TPSA) is 41.5 Å². The van der Waals surface area contributed by atoms with Crippen molar-refractivity contribution in [3.63, 3.8) is 0 Å². The molecule has 0 heterocycles. The molecule has 3 rings (SSSR count). The largest absolute Gasteiger partial charge is 0.271 e. The summed E-state index contributed by atoms with van der Waals surface area (Å²) in [6.07, 6.45) is 6.92. The van der Waals surface area contributed by atoms with E-state index >= 15 is 0 Å². The lowest BCUT2D eigenvalue weighted by molar-refractivity contribution is 0.0954. The van der Waals surface area contributed by atoms with Gasteiger partial charge in [-0.15, -0.1) is 0 Å². The zero-order valence-electron chi connectivity index (χ0n) is 13.3. The lowest BCUT2D eigenvalue weighted by Gasteiger charge is -2.05. The van der Waals surface area contributed by atoms with Crippen LogP contribution in [-0.4, -0.2) is 11.6 Å². The van der Waals surface area contributed by atoms with Crippen molar-refractivity contribution in [2.45, 2.75) is 38.5 Å². The Kier molecular flexibility index (Phi) is 5.20. The average molecular weight is 306 g/mol. The molecule has 1 saturated carbocycles. The van der Waals surface area contributed by atoms with Crippen LogP contribution < -0.4 is 5.43 Å². The van der Waals surface area contributed by atoms with Crippen molar-refractivity contribution in [1.29, 1.82) is 0 Å². The molecule has 1 N–H and O–H groups in total. The van der Waals surface area contributed by atoms with Crippen LogP contribution in [0.2, 0.25) is 0 Å². The maximum Gasteiger partial charge on any atom is 0.271 e. The molecule has 0 unspecified atom stereocenters. The molecule has 3 nitrogen and oxygen atoms in total. The van der Waals surface area contributed by atoms with Gasteiger partial charge in [0.1, 0.15) is 0 Å². The number of carbonyl (C=O) groups excluding carboxylic acids is 1. The monoisotopic (exact) mass is 306 g/mol. The van der Waals surface area contributed by atoms with Crippen LogP contribution in [0.1, 0.15) is 48.9 Å². The van der Waals surface area contributed by atoms with Gasteiger partial charge in [0.05, 0.1) is 0 Å². The lowest BCUT2D eigenvalue weighted by atomic mass is 10.0. The van der Waals surface area contributed by atoms with Crippen LogP contribution in [0.5, 0.6) is 0 Å². The molecule has 0 aliphatic heterocycles. The molecule has 0 atom stereocenters. The summed E-state index contributed by atoms with van der Waals surface area (Å²) in [6.45, 7) is 0. The summed E-state index contributed by atoms with van der Waals surface area (Å²) in [5.74, 6) is -0.138. The first-order valence-electron chi connectivity index (χ1n) is 8.34. The number of nitrogens with one attached hydrogen (secondary N) is 1. The van der Waals surface area contributed by atoms with Crippen molar-refractivity contribution in [3.05, 3.63) is 60.2 Å². The number of hydrogen-bond acceptors (Lipinski definition) is 2. The zero-order chi connectivity index (χ0) is 15.9. The number of rotatable bonds is 3. The number of carbonyl (C=O) groups is 1. The normalized spacial score (nSPS) is 14.9. The van der Waals surface area contributed by atoms with E-state index in [1.165, 1.54) is 25.7 Å². The summed E-state index contributed by atoms with van der Waals surface area (Å²) in [5, 5.41) is 4.32. The van der Waals surface area contributed by atoms with E-state index in [2.05, 4.69) is 22.7 Å². The number of amides is 1. The van der Waals surface area contributed by atoms with Gasteiger partial charge >= 0.3 is 0 Å². The van der Waals surface area contributed by atoms with Gasteiger partial charge in [0.25, 0.3) is 5.91 Å². The fourth-order valence-corrected chi connectivity index (χ4v) is 2.89. The second kappa shape index (κ2) is 7.73. The van der Waals surface area contributed by atoms with Crippen molar-refractivity contribution in [3.8, 4) is 11.1 Å². The third kappa shape index (κ3) is 4.28. The predicted molar refractivity (Wildman–Crippen MR) is 94.5 cm³/mol. The quantitative estimate of drug-likeness (QED) is 0.642. The lowest BCUT2D eigenvalue weighted by Crippen LogP contribution is -2.19. The van der Waals surface area contributed by atoms with Crippen LogP contribution >= 0.6 is 0 Å². The third-order valence-corrected chi connectivity index (χ3v) is 4.25. The van der Waals surface area contributed by atoms with Crippen molar-refractivity contribution in [2.24, 2.45) is 5.10 Å². The van der Waals surface area contributed by atoms with E-state index in [4.69, 9.17) is 0 Å². The smallest absolute Gasteiger partial charge is 0.267 e. The predicted octanol–water partition coefficient (Wildman–Crippen LogP) is 4.79. The van der Waals surface area contributed by atoms with E-state index < -0.39 is 0 Å². The second-order valence-corrected chi connectivity index (χ2v) is 5.98. The highest BCUT2D eigenvalue weighted by molar-refractivity contribution is 5.96. The highest BCUT2D eigenvalue weighted by Gasteiger charge is 2.08. The van der Waals surface area contributed by atoms with E-state index in [0.717, 1.165) is 29.7 Å². The Bertz CT molecular complexity index is 665. The molecule has 3 heteroatoms. The Morgan fingerprint density at radius 2 is 1.39 bits per heavy atom. The molecule has 23 heavy (non-hydrogen) atoms. The minimum Gasteiger partial charge on any atom is -0.267 e. The molecular weight excluding hydrogens is 284 g/mol. The average Bonchev–Trinajstić information content (AvgIpc) is 2.89. The van der Waals surface area contributed by atoms with Gasteiger partial charge in [0.2, 0.25) is 0 Å². The van der Waals surface area contributed by atoms with Gasteiger partial charge in [0.15, 0.2) is 0 Å². The van der Waals surface area contributed by atoms with E-state index in [0.29, 0.717) is 5.56 Å². The summed E-state index contributed by atoms with van der Waals surface area (Å²) < 4.78 is 0. The van der Waals surface area contributed by atoms with Gasteiger partial charge in [-0.05, 0) is 48.9 Å². The first-order chi connectivity index (χ1) is 11.3. The molecule has 0 saturated heterocycles. The van der Waals surface area contributed by atoms with Crippen LogP contribution in [0.3, 0.4) is 0 Å². The van der Waals surface area contributed by atoms with Gasteiger partial charge < -0.3 is 0 Å². The molecular formula is C20H22N2O. The maximum absolute atomic E-state index is 12.2. The molecule has 2 aromatic rings. The molecule has 1 amide bonds. The van der Waals surface area contributed by atoms with Gasteiger partial charge in [-0.25, -0.2) is 5.43 Å². The van der Waals surface area contributed by atoms with E-state index in [1.807, 2.05) is 42.5 Å². The Labute approximate surface area is 137 Å². The number of benzene rings is 2. The van der Waals surface area contributed by atoms with E-state index in [-0.39, 0.29) is 5.91 Å². The summed E-state index contributed by atoms with van der Waals surface area (Å²) in [4.78, 5) is 12.2. The highest BCUT2D eigenvalue weighted by atomic mass is 16.2. The molecule has 0 radical (unpaired) electrons. The van der Waals surface area contributed by atoms with Crippen LogP contribution in [0.4, 0.5) is 0 Å². The first kappa shape index (κ1) is 15.5. The standard InChI is InChI=1S/C20H22N2O/c23-20(22-21-19-10-6-1-2-7-11-19)18-14-12-17(13-15-18)16-8-4-3-5-9-16/h3-5,8-9,12-15H,1-2,6-7,10-11H2,(H,22,23).